The zero-order valence-electron chi connectivity index (χ0n) is 9.80. The molecule has 0 aliphatic rings. The lowest BCUT2D eigenvalue weighted by molar-refractivity contribution is 0.878. The van der Waals surface area contributed by atoms with Crippen molar-refractivity contribution < 1.29 is 0 Å². The summed E-state index contributed by atoms with van der Waals surface area (Å²) in [6, 6.07) is 5.33. The van der Waals surface area contributed by atoms with Crippen LogP contribution in [0.15, 0.2) is 23.2 Å². The predicted molar refractivity (Wildman–Crippen MR) is 74.6 cm³/mol. The lowest BCUT2D eigenvalue weighted by Crippen LogP contribution is -2.18. The van der Waals surface area contributed by atoms with Crippen LogP contribution in [0, 0.1) is 11.3 Å². The summed E-state index contributed by atoms with van der Waals surface area (Å²) in [5, 5.41) is 8.33. The number of hydrogen-bond acceptors (Lipinski definition) is 2. The molecule has 0 fully saturated rings. The van der Waals surface area contributed by atoms with Crippen molar-refractivity contribution >= 4 is 34.7 Å². The van der Waals surface area contributed by atoms with E-state index in [1.807, 2.05) is 13.8 Å². The van der Waals surface area contributed by atoms with Crippen molar-refractivity contribution in [2.24, 2.45) is 16.6 Å². The van der Waals surface area contributed by atoms with Crippen LogP contribution in [0.5, 0.6) is 0 Å². The Bertz CT molecular complexity index is 433. The van der Waals surface area contributed by atoms with Crippen LogP contribution in [-0.2, 0) is 0 Å². The number of rotatable bonds is 4. The van der Waals surface area contributed by atoms with E-state index in [-0.39, 0.29) is 18.3 Å². The molecule has 3 nitrogen and oxygen atoms in total. The molecule has 5 heteroatoms. The Balaban J connectivity index is 3.23. The van der Waals surface area contributed by atoms with E-state index in [9.17, 15) is 0 Å². The highest BCUT2D eigenvalue weighted by molar-refractivity contribution is 6.40. The summed E-state index contributed by atoms with van der Waals surface area (Å²) in [6.07, 6.45) is 0. The Morgan fingerprint density at radius 2 is 1.88 bits per heavy atom. The minimum atomic E-state index is 0.0197. The fraction of sp³-hybridized carbons (Fsp3) is 0.333. The van der Waals surface area contributed by atoms with Crippen molar-refractivity contribution in [1.82, 2.24) is 0 Å². The zero-order chi connectivity index (χ0) is 13.0. The van der Waals surface area contributed by atoms with Crippen LogP contribution in [0.25, 0.3) is 0 Å². The summed E-state index contributed by atoms with van der Waals surface area (Å²) in [5.74, 6) is 0.179. The Morgan fingerprint density at radius 3 is 2.29 bits per heavy atom. The average molecular weight is 272 g/mol. The molecule has 0 saturated heterocycles. The van der Waals surface area contributed by atoms with Crippen LogP contribution in [-0.4, -0.2) is 18.1 Å². The molecule has 1 aromatic rings. The van der Waals surface area contributed by atoms with E-state index >= 15 is 0 Å². The van der Waals surface area contributed by atoms with Gasteiger partial charge in [-0.15, -0.1) is 0 Å². The van der Waals surface area contributed by atoms with Crippen molar-refractivity contribution in [3.8, 4) is 0 Å². The molecule has 0 aromatic heterocycles. The highest BCUT2D eigenvalue weighted by atomic mass is 35.5. The standard InChI is InChI=1S/C12H15Cl2N3/c1-7(2)12(17-6-10(15)16)11-8(13)4-3-5-9(11)14/h3-5,7H,6H2,1-2H3,(H3,15,16). The number of halogens is 2. The fourth-order valence-electron chi connectivity index (χ4n) is 1.46. The summed E-state index contributed by atoms with van der Waals surface area (Å²) in [5.41, 5.74) is 6.81. The van der Waals surface area contributed by atoms with Crippen LogP contribution in [0.4, 0.5) is 0 Å². The molecule has 0 aliphatic heterocycles. The van der Waals surface area contributed by atoms with Gasteiger partial charge in [0.15, 0.2) is 0 Å². The molecule has 17 heavy (non-hydrogen) atoms. The summed E-state index contributed by atoms with van der Waals surface area (Å²) >= 11 is 12.3. The Hall–Kier alpha value is -1.06. The number of amidine groups is 1. The summed E-state index contributed by atoms with van der Waals surface area (Å²) in [6.45, 7) is 4.16. The van der Waals surface area contributed by atoms with Gasteiger partial charge in [0.1, 0.15) is 5.84 Å². The van der Waals surface area contributed by atoms with E-state index in [0.29, 0.717) is 10.0 Å². The number of nitrogens with zero attached hydrogens (tertiary/aromatic N) is 1. The van der Waals surface area contributed by atoms with Crippen molar-refractivity contribution in [2.45, 2.75) is 13.8 Å². The highest BCUT2D eigenvalue weighted by Gasteiger charge is 2.15. The first-order valence-corrected chi connectivity index (χ1v) is 6.00. The van der Waals surface area contributed by atoms with Gasteiger partial charge in [-0.25, -0.2) is 0 Å². The lowest BCUT2D eigenvalue weighted by Gasteiger charge is -2.14. The number of benzene rings is 1. The highest BCUT2D eigenvalue weighted by Crippen LogP contribution is 2.27. The fourth-order valence-corrected chi connectivity index (χ4v) is 2.05. The summed E-state index contributed by atoms with van der Waals surface area (Å²) < 4.78 is 0. The van der Waals surface area contributed by atoms with Crippen molar-refractivity contribution in [3.63, 3.8) is 0 Å². The second-order valence-corrected chi connectivity index (χ2v) is 4.79. The van der Waals surface area contributed by atoms with Gasteiger partial charge in [0.25, 0.3) is 0 Å². The zero-order valence-corrected chi connectivity index (χ0v) is 11.3. The molecule has 1 rings (SSSR count). The maximum Gasteiger partial charge on any atom is 0.113 e. The lowest BCUT2D eigenvalue weighted by atomic mass is 9.99. The molecule has 0 amide bonds. The Labute approximate surface area is 111 Å². The number of hydrogen-bond donors (Lipinski definition) is 2. The average Bonchev–Trinajstić information content (AvgIpc) is 2.21. The van der Waals surface area contributed by atoms with Gasteiger partial charge in [0.05, 0.1) is 16.6 Å². The molecule has 0 aliphatic carbocycles. The van der Waals surface area contributed by atoms with Crippen LogP contribution in [0.1, 0.15) is 19.4 Å². The molecule has 3 N–H and O–H groups in total. The van der Waals surface area contributed by atoms with E-state index in [4.69, 9.17) is 34.3 Å². The SMILES string of the molecule is CC(C)C(=NCC(=N)N)c1c(Cl)cccc1Cl. The van der Waals surface area contributed by atoms with Crippen molar-refractivity contribution in [2.75, 3.05) is 6.54 Å². The maximum atomic E-state index is 7.20. The van der Waals surface area contributed by atoms with E-state index in [0.717, 1.165) is 11.3 Å². The second kappa shape index (κ2) is 6.03. The van der Waals surface area contributed by atoms with Crippen LogP contribution in [0.2, 0.25) is 10.0 Å². The molecule has 0 heterocycles. The molecule has 0 saturated carbocycles. The predicted octanol–water partition coefficient (Wildman–Crippen LogP) is 3.37. The minimum absolute atomic E-state index is 0.0197. The quantitative estimate of drug-likeness (QED) is 0.640. The topological polar surface area (TPSA) is 62.2 Å². The molecular weight excluding hydrogens is 257 g/mol. The molecular formula is C12H15Cl2N3. The molecule has 92 valence electrons. The van der Waals surface area contributed by atoms with Gasteiger partial charge in [-0.3, -0.25) is 10.4 Å². The number of aliphatic imine (C=N–C) groups is 1. The van der Waals surface area contributed by atoms with Gasteiger partial charge in [0, 0.05) is 11.3 Å². The summed E-state index contributed by atoms with van der Waals surface area (Å²) in [7, 11) is 0. The minimum Gasteiger partial charge on any atom is -0.386 e. The van der Waals surface area contributed by atoms with Crippen LogP contribution < -0.4 is 5.73 Å². The van der Waals surface area contributed by atoms with E-state index in [1.54, 1.807) is 18.2 Å². The smallest absolute Gasteiger partial charge is 0.113 e. The Morgan fingerprint density at radius 1 is 1.35 bits per heavy atom. The monoisotopic (exact) mass is 271 g/mol. The molecule has 0 unspecified atom stereocenters. The van der Waals surface area contributed by atoms with Gasteiger partial charge < -0.3 is 5.73 Å². The van der Waals surface area contributed by atoms with Crippen LogP contribution >= 0.6 is 23.2 Å². The molecule has 0 spiro atoms. The third-order valence-corrected chi connectivity index (χ3v) is 2.82. The molecule has 0 radical (unpaired) electrons. The normalized spacial score (nSPS) is 11.9. The van der Waals surface area contributed by atoms with Gasteiger partial charge in [-0.2, -0.15) is 0 Å². The Kier molecular flexibility index (Phi) is 4.97. The molecule has 0 atom stereocenters. The first-order chi connectivity index (χ1) is 7.93. The first kappa shape index (κ1) is 14.0. The van der Waals surface area contributed by atoms with Gasteiger partial charge in [0.2, 0.25) is 0 Å². The third kappa shape index (κ3) is 3.72. The van der Waals surface area contributed by atoms with Crippen molar-refractivity contribution in [3.05, 3.63) is 33.8 Å². The number of nitrogens with two attached hydrogens (primary N) is 1. The van der Waals surface area contributed by atoms with Gasteiger partial charge in [-0.1, -0.05) is 43.1 Å². The van der Waals surface area contributed by atoms with E-state index in [1.165, 1.54) is 0 Å². The van der Waals surface area contributed by atoms with E-state index in [2.05, 4.69) is 4.99 Å². The number of nitrogens with one attached hydrogen (secondary N) is 1. The largest absolute Gasteiger partial charge is 0.386 e. The van der Waals surface area contributed by atoms with Gasteiger partial charge in [-0.05, 0) is 18.1 Å². The maximum absolute atomic E-state index is 7.20. The van der Waals surface area contributed by atoms with Gasteiger partial charge >= 0.3 is 0 Å². The van der Waals surface area contributed by atoms with Crippen LogP contribution in [0.3, 0.4) is 0 Å². The molecule has 1 aromatic carbocycles. The summed E-state index contributed by atoms with van der Waals surface area (Å²) in [4.78, 5) is 4.31. The third-order valence-electron chi connectivity index (χ3n) is 2.19. The first-order valence-electron chi connectivity index (χ1n) is 5.25. The van der Waals surface area contributed by atoms with E-state index < -0.39 is 0 Å². The van der Waals surface area contributed by atoms with Crippen molar-refractivity contribution in [1.29, 1.82) is 5.41 Å². The molecule has 0 bridgehead atoms. The second-order valence-electron chi connectivity index (χ2n) is 3.98.